The van der Waals surface area contributed by atoms with Crippen LogP contribution in [0.25, 0.3) is 0 Å². The molecule has 0 aliphatic heterocycles. The first kappa shape index (κ1) is 34.5. The van der Waals surface area contributed by atoms with Gasteiger partial charge in [0.1, 0.15) is 29.5 Å². The largest absolute Gasteiger partial charge is 0.508 e. The van der Waals surface area contributed by atoms with E-state index in [0.717, 1.165) is 5.56 Å². The molecule has 0 radical (unpaired) electrons. The summed E-state index contributed by atoms with van der Waals surface area (Å²) in [7, 11) is 1.25. The molecule has 3 amide bonds. The minimum atomic E-state index is -1.10. The number of alkyl carbamates (subject to hydrolysis) is 1. The summed E-state index contributed by atoms with van der Waals surface area (Å²) in [6.45, 7) is 8.87. The van der Waals surface area contributed by atoms with Crippen LogP contribution < -0.4 is 16.0 Å². The lowest BCUT2D eigenvalue weighted by molar-refractivity contribution is -0.147. The van der Waals surface area contributed by atoms with Crippen molar-refractivity contribution in [3.05, 3.63) is 65.7 Å². The molecule has 0 unspecified atom stereocenters. The summed E-state index contributed by atoms with van der Waals surface area (Å²) < 4.78 is 10.3. The fourth-order valence-corrected chi connectivity index (χ4v) is 4.92. The molecule has 0 aromatic heterocycles. The third-order valence-electron chi connectivity index (χ3n) is 6.38. The number of methoxy groups -OCH3 is 1. The zero-order chi connectivity index (χ0) is 31.3. The fraction of sp³-hybridized carbons (Fsp3) is 0.484. The Balaban J connectivity index is 2.28. The molecule has 4 N–H and O–H groups in total. The first-order chi connectivity index (χ1) is 19.8. The van der Waals surface area contributed by atoms with Crippen LogP contribution in [-0.2, 0) is 36.0 Å². The van der Waals surface area contributed by atoms with Gasteiger partial charge in [0.05, 0.1) is 7.11 Å². The van der Waals surface area contributed by atoms with Crippen molar-refractivity contribution in [2.24, 2.45) is 5.92 Å². The number of thioether (sulfide) groups is 1. The SMILES string of the molecule is CC[C@H](C)[C@H](NC(=O)[C@H](Cc1ccc(O)cc1)NC(=O)[C@H](CSCc1ccccc1)NC(=O)OC(C)(C)C)C(=O)OC. The van der Waals surface area contributed by atoms with Gasteiger partial charge < -0.3 is 30.5 Å². The van der Waals surface area contributed by atoms with Crippen LogP contribution in [0.5, 0.6) is 5.75 Å². The number of ether oxygens (including phenoxy) is 2. The highest BCUT2D eigenvalue weighted by molar-refractivity contribution is 7.98. The fourth-order valence-electron chi connectivity index (χ4n) is 3.90. The number of benzene rings is 2. The lowest BCUT2D eigenvalue weighted by atomic mass is 9.98. The van der Waals surface area contributed by atoms with E-state index in [4.69, 9.17) is 9.47 Å². The predicted octanol–water partition coefficient (Wildman–Crippen LogP) is 3.95. The number of carbonyl (C=O) groups excluding carboxylic acids is 4. The molecule has 0 heterocycles. The maximum Gasteiger partial charge on any atom is 0.408 e. The van der Waals surface area contributed by atoms with E-state index < -0.39 is 47.6 Å². The third kappa shape index (κ3) is 12.0. The van der Waals surface area contributed by atoms with Gasteiger partial charge in [0.2, 0.25) is 11.8 Å². The van der Waals surface area contributed by atoms with Crippen LogP contribution >= 0.6 is 11.8 Å². The van der Waals surface area contributed by atoms with Gasteiger partial charge in [0.25, 0.3) is 0 Å². The molecule has 0 spiro atoms. The summed E-state index contributed by atoms with van der Waals surface area (Å²) >= 11 is 1.45. The number of nitrogens with one attached hydrogen (secondary N) is 3. The highest BCUT2D eigenvalue weighted by Crippen LogP contribution is 2.16. The van der Waals surface area contributed by atoms with E-state index in [1.807, 2.05) is 44.2 Å². The Labute approximate surface area is 252 Å². The number of aromatic hydroxyl groups is 1. The van der Waals surface area contributed by atoms with Crippen molar-refractivity contribution in [1.82, 2.24) is 16.0 Å². The monoisotopic (exact) mass is 601 g/mol. The van der Waals surface area contributed by atoms with Crippen LogP contribution in [0.3, 0.4) is 0 Å². The van der Waals surface area contributed by atoms with Crippen LogP contribution in [0, 0.1) is 5.92 Å². The molecule has 0 saturated carbocycles. The zero-order valence-electron chi connectivity index (χ0n) is 25.1. The second-order valence-corrected chi connectivity index (χ2v) is 12.1. The van der Waals surface area contributed by atoms with Crippen LogP contribution in [0.1, 0.15) is 52.2 Å². The molecule has 42 heavy (non-hydrogen) atoms. The van der Waals surface area contributed by atoms with Gasteiger partial charge in [-0.1, -0.05) is 62.7 Å². The standard InChI is InChI=1S/C31H43N3O7S/c1-7-20(2)26(29(38)40-6)34-27(36)24(17-21-13-15-23(35)16-14-21)32-28(37)25(33-30(39)41-31(3,4)5)19-42-18-22-11-9-8-10-12-22/h8-16,20,24-26,35H,7,17-19H2,1-6H3,(H,32,37)(H,33,39)(H,34,36)/t20-,24-,25-,26-/m0/s1. The topological polar surface area (TPSA) is 143 Å². The average molecular weight is 602 g/mol. The Bertz CT molecular complexity index is 1170. The van der Waals surface area contributed by atoms with Crippen molar-refractivity contribution in [2.45, 2.75) is 76.9 Å². The van der Waals surface area contributed by atoms with E-state index in [-0.39, 0.29) is 23.8 Å². The number of hydrogen-bond acceptors (Lipinski definition) is 8. The lowest BCUT2D eigenvalue weighted by Crippen LogP contribution is -2.58. The average Bonchev–Trinajstić information content (AvgIpc) is 2.94. The second-order valence-electron chi connectivity index (χ2n) is 11.0. The van der Waals surface area contributed by atoms with Crippen molar-refractivity contribution in [1.29, 1.82) is 0 Å². The molecule has 10 nitrogen and oxygen atoms in total. The first-order valence-corrected chi connectivity index (χ1v) is 15.1. The molecule has 2 aromatic carbocycles. The van der Waals surface area contributed by atoms with Gasteiger partial charge in [0.15, 0.2) is 0 Å². The van der Waals surface area contributed by atoms with Crippen LogP contribution in [-0.4, -0.2) is 65.6 Å². The number of esters is 1. The number of phenols is 1. The molecule has 2 aromatic rings. The van der Waals surface area contributed by atoms with E-state index in [1.54, 1.807) is 32.9 Å². The third-order valence-corrected chi connectivity index (χ3v) is 7.49. The van der Waals surface area contributed by atoms with Gasteiger partial charge in [-0.15, -0.1) is 0 Å². The number of rotatable bonds is 14. The van der Waals surface area contributed by atoms with E-state index in [0.29, 0.717) is 17.7 Å². The summed E-state index contributed by atoms with van der Waals surface area (Å²) in [6.07, 6.45) is -0.0805. The number of amides is 3. The smallest absolute Gasteiger partial charge is 0.408 e. The van der Waals surface area contributed by atoms with Crippen molar-refractivity contribution in [3.63, 3.8) is 0 Å². The molecule has 0 saturated heterocycles. The molecule has 0 aliphatic rings. The molecule has 0 fully saturated rings. The molecule has 0 bridgehead atoms. The normalized spacial score (nSPS) is 14.0. The summed E-state index contributed by atoms with van der Waals surface area (Å²) in [4.78, 5) is 52.2. The van der Waals surface area contributed by atoms with Gasteiger partial charge >= 0.3 is 12.1 Å². The van der Waals surface area contributed by atoms with Crippen molar-refractivity contribution in [2.75, 3.05) is 12.9 Å². The molecular weight excluding hydrogens is 558 g/mol. The van der Waals surface area contributed by atoms with E-state index in [9.17, 15) is 24.3 Å². The Hall–Kier alpha value is -3.73. The Morgan fingerprint density at radius 3 is 2.07 bits per heavy atom. The van der Waals surface area contributed by atoms with Gasteiger partial charge in [-0.05, 0) is 49.9 Å². The molecular formula is C31H43N3O7S. The maximum absolute atomic E-state index is 13.6. The number of carbonyl (C=O) groups is 4. The second kappa shape index (κ2) is 16.6. The molecule has 2 rings (SSSR count). The van der Waals surface area contributed by atoms with E-state index in [1.165, 1.54) is 31.0 Å². The predicted molar refractivity (Wildman–Crippen MR) is 163 cm³/mol. The van der Waals surface area contributed by atoms with Crippen molar-refractivity contribution < 1.29 is 33.8 Å². The summed E-state index contributed by atoms with van der Waals surface area (Å²) in [6, 6.07) is 12.9. The Morgan fingerprint density at radius 2 is 1.50 bits per heavy atom. The van der Waals surface area contributed by atoms with Gasteiger partial charge in [0, 0.05) is 17.9 Å². The van der Waals surface area contributed by atoms with Crippen LogP contribution in [0.4, 0.5) is 4.79 Å². The quantitative estimate of drug-likeness (QED) is 0.239. The molecule has 230 valence electrons. The Kier molecular flexibility index (Phi) is 13.7. The van der Waals surface area contributed by atoms with Gasteiger partial charge in [-0.25, -0.2) is 9.59 Å². The first-order valence-electron chi connectivity index (χ1n) is 13.9. The molecule has 11 heteroatoms. The van der Waals surface area contributed by atoms with Crippen LogP contribution in [0.15, 0.2) is 54.6 Å². The zero-order valence-corrected chi connectivity index (χ0v) is 26.0. The van der Waals surface area contributed by atoms with Crippen molar-refractivity contribution >= 4 is 35.6 Å². The van der Waals surface area contributed by atoms with E-state index >= 15 is 0 Å². The minimum absolute atomic E-state index is 0.0587. The lowest BCUT2D eigenvalue weighted by Gasteiger charge is -2.27. The molecule has 0 aliphatic carbocycles. The summed E-state index contributed by atoms with van der Waals surface area (Å²) in [5.41, 5.74) is 0.951. The minimum Gasteiger partial charge on any atom is -0.508 e. The van der Waals surface area contributed by atoms with Crippen molar-refractivity contribution in [3.8, 4) is 5.75 Å². The van der Waals surface area contributed by atoms with Gasteiger partial charge in [-0.3, -0.25) is 9.59 Å². The summed E-state index contributed by atoms with van der Waals surface area (Å²) in [5.74, 6) is -1.10. The number of phenolic OH excluding ortho intramolecular Hbond substituents is 1. The van der Waals surface area contributed by atoms with Gasteiger partial charge in [-0.2, -0.15) is 11.8 Å². The Morgan fingerprint density at radius 1 is 0.881 bits per heavy atom. The maximum atomic E-state index is 13.6. The highest BCUT2D eigenvalue weighted by Gasteiger charge is 2.32. The number of hydrogen-bond donors (Lipinski definition) is 4. The highest BCUT2D eigenvalue weighted by atomic mass is 32.2. The summed E-state index contributed by atoms with van der Waals surface area (Å²) in [5, 5.41) is 17.8. The van der Waals surface area contributed by atoms with Crippen LogP contribution in [0.2, 0.25) is 0 Å². The molecule has 4 atom stereocenters. The van der Waals surface area contributed by atoms with E-state index in [2.05, 4.69) is 16.0 Å².